The maximum atomic E-state index is 13.7. The van der Waals surface area contributed by atoms with Crippen LogP contribution in [-0.4, -0.2) is 7.11 Å². The fourth-order valence-corrected chi connectivity index (χ4v) is 1.66. The van der Waals surface area contributed by atoms with E-state index in [1.54, 1.807) is 18.2 Å². The van der Waals surface area contributed by atoms with Crippen LogP contribution in [0.3, 0.4) is 0 Å². The van der Waals surface area contributed by atoms with Crippen molar-refractivity contribution >= 4 is 17.1 Å². The quantitative estimate of drug-likeness (QED) is 0.815. The molecule has 2 aromatic rings. The molecule has 2 rings (SSSR count). The highest BCUT2D eigenvalue weighted by Crippen LogP contribution is 2.29. The van der Waals surface area contributed by atoms with Crippen LogP contribution in [0.25, 0.3) is 0 Å². The van der Waals surface area contributed by atoms with Crippen LogP contribution in [0.15, 0.2) is 36.4 Å². The summed E-state index contributed by atoms with van der Waals surface area (Å²) < 4.78 is 18.7. The van der Waals surface area contributed by atoms with Gasteiger partial charge in [-0.05, 0) is 30.7 Å². The number of anilines is 3. The van der Waals surface area contributed by atoms with Gasteiger partial charge < -0.3 is 15.8 Å². The number of halogens is 1. The molecule has 0 aromatic heterocycles. The molecular formula is C14H15FN2O. The van der Waals surface area contributed by atoms with E-state index in [0.29, 0.717) is 22.8 Å². The second-order valence-corrected chi connectivity index (χ2v) is 4.01. The van der Waals surface area contributed by atoms with Crippen molar-refractivity contribution in [2.75, 3.05) is 18.2 Å². The Morgan fingerprint density at radius 2 is 1.94 bits per heavy atom. The first-order valence-corrected chi connectivity index (χ1v) is 5.57. The van der Waals surface area contributed by atoms with Gasteiger partial charge in [-0.25, -0.2) is 4.39 Å². The lowest BCUT2D eigenvalue weighted by Gasteiger charge is -2.12. The number of ether oxygens (including phenoxy) is 1. The summed E-state index contributed by atoms with van der Waals surface area (Å²) in [5, 5.41) is 2.98. The number of rotatable bonds is 3. The minimum atomic E-state index is -0.350. The smallest absolute Gasteiger partial charge is 0.146 e. The van der Waals surface area contributed by atoms with Crippen molar-refractivity contribution in [3.05, 3.63) is 47.8 Å². The van der Waals surface area contributed by atoms with E-state index in [2.05, 4.69) is 5.32 Å². The minimum absolute atomic E-state index is 0.339. The Labute approximate surface area is 105 Å². The third-order valence-electron chi connectivity index (χ3n) is 2.77. The third kappa shape index (κ3) is 2.37. The molecule has 0 amide bonds. The van der Waals surface area contributed by atoms with E-state index in [9.17, 15) is 4.39 Å². The average molecular weight is 246 g/mol. The molecule has 0 saturated heterocycles. The number of para-hydroxylation sites is 1. The van der Waals surface area contributed by atoms with Gasteiger partial charge in [0.15, 0.2) is 0 Å². The zero-order valence-corrected chi connectivity index (χ0v) is 10.3. The highest BCUT2D eigenvalue weighted by Gasteiger charge is 2.07. The van der Waals surface area contributed by atoms with Crippen molar-refractivity contribution in [2.45, 2.75) is 6.92 Å². The van der Waals surface area contributed by atoms with Crippen molar-refractivity contribution < 1.29 is 9.13 Å². The molecule has 0 aliphatic rings. The standard InChI is InChI=1S/C14H15FN2O/c1-9-4-3-5-12(14(9)16)17-13-8-10(18-2)6-7-11(13)15/h3-8,17H,16H2,1-2H3. The second kappa shape index (κ2) is 4.96. The van der Waals surface area contributed by atoms with E-state index in [-0.39, 0.29) is 5.82 Å². The monoisotopic (exact) mass is 246 g/mol. The first kappa shape index (κ1) is 12.2. The normalized spacial score (nSPS) is 10.2. The summed E-state index contributed by atoms with van der Waals surface area (Å²) in [7, 11) is 1.54. The van der Waals surface area contributed by atoms with Gasteiger partial charge in [-0.2, -0.15) is 0 Å². The van der Waals surface area contributed by atoms with Crippen molar-refractivity contribution in [3.8, 4) is 5.75 Å². The molecule has 0 heterocycles. The molecule has 0 aliphatic carbocycles. The highest BCUT2D eigenvalue weighted by molar-refractivity contribution is 5.75. The predicted molar refractivity (Wildman–Crippen MR) is 71.8 cm³/mol. The number of hydrogen-bond acceptors (Lipinski definition) is 3. The summed E-state index contributed by atoms with van der Waals surface area (Å²) in [5.41, 5.74) is 8.52. The van der Waals surface area contributed by atoms with Crippen LogP contribution in [-0.2, 0) is 0 Å². The molecule has 0 spiro atoms. The summed E-state index contributed by atoms with van der Waals surface area (Å²) in [6.45, 7) is 1.91. The van der Waals surface area contributed by atoms with Gasteiger partial charge in [0.1, 0.15) is 11.6 Å². The molecule has 0 bridgehead atoms. The Morgan fingerprint density at radius 1 is 1.17 bits per heavy atom. The molecule has 0 aliphatic heterocycles. The van der Waals surface area contributed by atoms with Gasteiger partial charge >= 0.3 is 0 Å². The lowest BCUT2D eigenvalue weighted by atomic mass is 10.1. The molecule has 4 heteroatoms. The molecule has 0 atom stereocenters. The zero-order valence-electron chi connectivity index (χ0n) is 10.3. The molecule has 3 nitrogen and oxygen atoms in total. The van der Waals surface area contributed by atoms with Gasteiger partial charge in [0.2, 0.25) is 0 Å². The van der Waals surface area contributed by atoms with Crippen LogP contribution in [0.2, 0.25) is 0 Å². The lowest BCUT2D eigenvalue weighted by molar-refractivity contribution is 0.414. The average Bonchev–Trinajstić information content (AvgIpc) is 2.37. The van der Waals surface area contributed by atoms with Gasteiger partial charge in [0.25, 0.3) is 0 Å². The maximum Gasteiger partial charge on any atom is 0.146 e. The van der Waals surface area contributed by atoms with E-state index in [1.165, 1.54) is 13.2 Å². The van der Waals surface area contributed by atoms with Crippen LogP contribution in [0, 0.1) is 12.7 Å². The summed E-state index contributed by atoms with van der Waals surface area (Å²) in [6.07, 6.45) is 0. The number of benzene rings is 2. The third-order valence-corrected chi connectivity index (χ3v) is 2.77. The van der Waals surface area contributed by atoms with Crippen molar-refractivity contribution in [1.82, 2.24) is 0 Å². The summed E-state index contributed by atoms with van der Waals surface area (Å²) >= 11 is 0. The lowest BCUT2D eigenvalue weighted by Crippen LogP contribution is -2.00. The summed E-state index contributed by atoms with van der Waals surface area (Å²) in [5.74, 6) is 0.238. The first-order chi connectivity index (χ1) is 8.61. The van der Waals surface area contributed by atoms with Gasteiger partial charge in [-0.3, -0.25) is 0 Å². The van der Waals surface area contributed by atoms with Crippen molar-refractivity contribution in [3.63, 3.8) is 0 Å². The number of methoxy groups -OCH3 is 1. The molecular weight excluding hydrogens is 231 g/mol. The SMILES string of the molecule is COc1ccc(F)c(Nc2cccc(C)c2N)c1. The molecule has 0 saturated carbocycles. The number of nitrogen functional groups attached to an aromatic ring is 1. The van der Waals surface area contributed by atoms with Crippen molar-refractivity contribution in [1.29, 1.82) is 0 Å². The zero-order chi connectivity index (χ0) is 13.1. The molecule has 18 heavy (non-hydrogen) atoms. The van der Waals surface area contributed by atoms with Crippen LogP contribution < -0.4 is 15.8 Å². The largest absolute Gasteiger partial charge is 0.497 e. The Bertz CT molecular complexity index is 570. The summed E-state index contributed by atoms with van der Waals surface area (Å²) in [6, 6.07) is 10.1. The Balaban J connectivity index is 2.36. The number of hydrogen-bond donors (Lipinski definition) is 2. The Hall–Kier alpha value is -2.23. The van der Waals surface area contributed by atoms with Gasteiger partial charge in [-0.1, -0.05) is 12.1 Å². The number of aryl methyl sites for hydroxylation is 1. The minimum Gasteiger partial charge on any atom is -0.497 e. The summed E-state index contributed by atoms with van der Waals surface area (Å²) in [4.78, 5) is 0. The van der Waals surface area contributed by atoms with Crippen LogP contribution in [0.5, 0.6) is 5.75 Å². The Morgan fingerprint density at radius 3 is 2.67 bits per heavy atom. The van der Waals surface area contributed by atoms with E-state index in [0.717, 1.165) is 5.56 Å². The number of nitrogens with two attached hydrogens (primary N) is 1. The van der Waals surface area contributed by atoms with Crippen molar-refractivity contribution in [2.24, 2.45) is 0 Å². The van der Waals surface area contributed by atoms with Crippen LogP contribution >= 0.6 is 0 Å². The fourth-order valence-electron chi connectivity index (χ4n) is 1.66. The second-order valence-electron chi connectivity index (χ2n) is 4.01. The maximum absolute atomic E-state index is 13.7. The van der Waals surface area contributed by atoms with Crippen LogP contribution in [0.4, 0.5) is 21.5 Å². The predicted octanol–water partition coefficient (Wildman–Crippen LogP) is 3.47. The fraction of sp³-hybridized carbons (Fsp3) is 0.143. The molecule has 0 unspecified atom stereocenters. The molecule has 0 radical (unpaired) electrons. The molecule has 2 aromatic carbocycles. The topological polar surface area (TPSA) is 47.3 Å². The Kier molecular flexibility index (Phi) is 3.37. The van der Waals surface area contributed by atoms with Gasteiger partial charge in [0, 0.05) is 6.07 Å². The van der Waals surface area contributed by atoms with Gasteiger partial charge in [0.05, 0.1) is 24.2 Å². The molecule has 0 fully saturated rings. The van der Waals surface area contributed by atoms with E-state index in [1.807, 2.05) is 19.1 Å². The highest BCUT2D eigenvalue weighted by atomic mass is 19.1. The molecule has 94 valence electrons. The van der Waals surface area contributed by atoms with E-state index >= 15 is 0 Å². The molecule has 3 N–H and O–H groups in total. The van der Waals surface area contributed by atoms with Gasteiger partial charge in [-0.15, -0.1) is 0 Å². The number of nitrogens with one attached hydrogen (secondary N) is 1. The van der Waals surface area contributed by atoms with E-state index in [4.69, 9.17) is 10.5 Å². The van der Waals surface area contributed by atoms with E-state index < -0.39 is 0 Å². The van der Waals surface area contributed by atoms with Crippen LogP contribution in [0.1, 0.15) is 5.56 Å². The first-order valence-electron chi connectivity index (χ1n) is 5.57.